The van der Waals surface area contributed by atoms with Crippen molar-refractivity contribution in [2.24, 2.45) is 23.7 Å². The highest BCUT2D eigenvalue weighted by Crippen LogP contribution is 2.64. The van der Waals surface area contributed by atoms with Gasteiger partial charge in [-0.25, -0.2) is 9.69 Å². The van der Waals surface area contributed by atoms with Gasteiger partial charge in [-0.1, -0.05) is 90.5 Å². The quantitative estimate of drug-likeness (QED) is 0.159. The molecule has 8 rings (SSSR count). The SMILES string of the molecule is O=C(O)c1ccc(N2C(=O)C3CC=C4C(CC5C(=O)C(c6ccccc6)=CC(=O)C5(c5ccccc5)C4c4ccccc4OCCO)C3C2=O)cc1O. The molecular weight excluding hydrogens is 674 g/mol. The highest BCUT2D eigenvalue weighted by molar-refractivity contribution is 6.32. The van der Waals surface area contributed by atoms with E-state index < -0.39 is 58.5 Å². The minimum absolute atomic E-state index is 0.0148. The number of phenols is 1. The summed E-state index contributed by atoms with van der Waals surface area (Å²) in [7, 11) is 0. The summed E-state index contributed by atoms with van der Waals surface area (Å²) < 4.78 is 6.09. The van der Waals surface area contributed by atoms with Crippen LogP contribution in [0.1, 0.15) is 45.8 Å². The van der Waals surface area contributed by atoms with Gasteiger partial charge in [0.2, 0.25) is 11.8 Å². The van der Waals surface area contributed by atoms with Gasteiger partial charge in [-0.15, -0.1) is 0 Å². The normalized spacial score (nSPS) is 26.3. The highest BCUT2D eigenvalue weighted by atomic mass is 16.5. The van der Waals surface area contributed by atoms with Gasteiger partial charge in [-0.3, -0.25) is 19.2 Å². The molecule has 1 saturated heterocycles. The van der Waals surface area contributed by atoms with Crippen LogP contribution >= 0.6 is 0 Å². The van der Waals surface area contributed by atoms with Crippen molar-refractivity contribution in [2.45, 2.75) is 24.2 Å². The van der Waals surface area contributed by atoms with Crippen LogP contribution in [0.25, 0.3) is 5.57 Å². The number of carboxylic acid groups (broad SMARTS) is 1. The monoisotopic (exact) mass is 709 g/mol. The number of hydrogen-bond acceptors (Lipinski definition) is 8. The van der Waals surface area contributed by atoms with Crippen LogP contribution < -0.4 is 9.64 Å². The van der Waals surface area contributed by atoms with Crippen molar-refractivity contribution in [3.05, 3.63) is 143 Å². The first-order valence-electron chi connectivity index (χ1n) is 17.6. The average Bonchev–Trinajstić information content (AvgIpc) is 3.43. The molecule has 1 aliphatic heterocycles. The van der Waals surface area contributed by atoms with Crippen molar-refractivity contribution in [3.8, 4) is 11.5 Å². The van der Waals surface area contributed by atoms with E-state index in [0.717, 1.165) is 22.6 Å². The number of carboxylic acids is 1. The first-order valence-corrected chi connectivity index (χ1v) is 17.6. The van der Waals surface area contributed by atoms with E-state index in [2.05, 4.69) is 0 Å². The molecule has 0 bridgehead atoms. The number of ketones is 2. The van der Waals surface area contributed by atoms with Crippen molar-refractivity contribution in [3.63, 3.8) is 0 Å². The zero-order valence-corrected chi connectivity index (χ0v) is 28.4. The molecule has 3 aliphatic carbocycles. The Labute approximate surface area is 304 Å². The molecular formula is C43H35NO9. The molecule has 1 heterocycles. The highest BCUT2D eigenvalue weighted by Gasteiger charge is 2.66. The van der Waals surface area contributed by atoms with Crippen molar-refractivity contribution in [2.75, 3.05) is 18.1 Å². The number of imide groups is 1. The number of nitrogens with zero attached hydrogens (tertiary/aromatic N) is 1. The number of ether oxygens (including phenoxy) is 1. The lowest BCUT2D eigenvalue weighted by molar-refractivity contribution is -0.135. The number of anilines is 1. The maximum Gasteiger partial charge on any atom is 0.339 e. The van der Waals surface area contributed by atoms with Crippen LogP contribution in [-0.2, 0) is 24.6 Å². The third kappa shape index (κ3) is 5.15. The Morgan fingerprint density at radius 1 is 0.849 bits per heavy atom. The van der Waals surface area contributed by atoms with E-state index in [1.807, 2.05) is 54.6 Å². The lowest BCUT2D eigenvalue weighted by Gasteiger charge is -2.55. The van der Waals surface area contributed by atoms with Gasteiger partial charge in [0.05, 0.1) is 29.5 Å². The standard InChI is InChI=1S/C43H35NO9/c45-19-20-53-35-14-8-7-13-29(35)38-27-17-18-30-37(41(50)44(40(30)49)26-15-16-28(42(51)52)34(46)21-26)32(27)22-33-39(48)31(24-9-3-1-4-10-24)23-36(47)43(33,38)25-11-5-2-6-12-25/h1-17,21,23,30,32-33,37-38,45-46H,18-20,22H2,(H,51,52). The Balaban J connectivity index is 1.34. The van der Waals surface area contributed by atoms with E-state index >= 15 is 9.59 Å². The second-order valence-corrected chi connectivity index (χ2v) is 13.9. The maximum absolute atomic E-state index is 15.2. The molecule has 10 nitrogen and oxygen atoms in total. The number of fused-ring (bicyclic) bond motifs is 4. The minimum atomic E-state index is -1.45. The predicted octanol–water partition coefficient (Wildman–Crippen LogP) is 5.49. The van der Waals surface area contributed by atoms with E-state index in [1.54, 1.807) is 36.4 Å². The minimum Gasteiger partial charge on any atom is -0.507 e. The largest absolute Gasteiger partial charge is 0.507 e. The molecule has 3 N–H and O–H groups in total. The number of aromatic carboxylic acids is 1. The number of Topliss-reactive ketones (excluding diaryl/α,β-unsaturated/α-hetero) is 1. The van der Waals surface area contributed by atoms with Crippen LogP contribution in [0.2, 0.25) is 0 Å². The van der Waals surface area contributed by atoms with E-state index in [9.17, 15) is 29.7 Å². The Morgan fingerprint density at radius 2 is 1.55 bits per heavy atom. The topological polar surface area (TPSA) is 159 Å². The van der Waals surface area contributed by atoms with Gasteiger partial charge >= 0.3 is 5.97 Å². The Bertz CT molecular complexity index is 2240. The first-order chi connectivity index (χ1) is 25.7. The Kier molecular flexibility index (Phi) is 8.42. The second kappa shape index (κ2) is 13.1. The third-order valence-corrected chi connectivity index (χ3v) is 11.4. The van der Waals surface area contributed by atoms with Crippen LogP contribution in [0.15, 0.2) is 121 Å². The maximum atomic E-state index is 15.2. The summed E-state index contributed by atoms with van der Waals surface area (Å²) in [5, 5.41) is 29.7. The van der Waals surface area contributed by atoms with Gasteiger partial charge < -0.3 is 20.1 Å². The third-order valence-electron chi connectivity index (χ3n) is 11.4. The molecule has 10 heteroatoms. The first kappa shape index (κ1) is 34.0. The number of benzene rings is 4. The molecule has 4 aliphatic rings. The van der Waals surface area contributed by atoms with Crippen molar-refractivity contribution in [1.29, 1.82) is 0 Å². The van der Waals surface area contributed by atoms with E-state index in [1.165, 1.54) is 12.1 Å². The van der Waals surface area contributed by atoms with Gasteiger partial charge in [-0.2, -0.15) is 0 Å². The lowest BCUT2D eigenvalue weighted by atomic mass is 9.44. The summed E-state index contributed by atoms with van der Waals surface area (Å²) in [5.74, 6) is -7.14. The number of amides is 2. The Hall–Kier alpha value is -6.13. The van der Waals surface area contributed by atoms with E-state index in [4.69, 9.17) is 4.74 Å². The summed E-state index contributed by atoms with van der Waals surface area (Å²) in [6, 6.07) is 29.0. The predicted molar refractivity (Wildman–Crippen MR) is 193 cm³/mol. The molecule has 0 aromatic heterocycles. The summed E-state index contributed by atoms with van der Waals surface area (Å²) in [4.78, 5) is 71.6. The van der Waals surface area contributed by atoms with Gasteiger partial charge in [0.1, 0.15) is 23.7 Å². The van der Waals surface area contributed by atoms with Crippen molar-refractivity contribution >= 4 is 40.6 Å². The molecule has 6 unspecified atom stereocenters. The average molecular weight is 710 g/mol. The fourth-order valence-electron chi connectivity index (χ4n) is 9.32. The van der Waals surface area contributed by atoms with Crippen LogP contribution in [0.3, 0.4) is 0 Å². The molecule has 2 fully saturated rings. The van der Waals surface area contributed by atoms with Gasteiger partial charge in [0.25, 0.3) is 0 Å². The van der Waals surface area contributed by atoms with Crippen LogP contribution in [0, 0.1) is 23.7 Å². The van der Waals surface area contributed by atoms with E-state index in [0.29, 0.717) is 22.4 Å². The van der Waals surface area contributed by atoms with Crippen molar-refractivity contribution in [1.82, 2.24) is 0 Å². The number of para-hydroxylation sites is 1. The number of aromatic hydroxyl groups is 1. The Morgan fingerprint density at radius 3 is 2.25 bits per heavy atom. The number of hydrogen-bond donors (Lipinski definition) is 3. The second-order valence-electron chi connectivity index (χ2n) is 13.9. The molecule has 53 heavy (non-hydrogen) atoms. The molecule has 1 saturated carbocycles. The smallest absolute Gasteiger partial charge is 0.339 e. The fourth-order valence-corrected chi connectivity index (χ4v) is 9.32. The van der Waals surface area contributed by atoms with Crippen molar-refractivity contribution < 1.29 is 44.0 Å². The number of allylic oxidation sites excluding steroid dienone is 4. The molecule has 0 spiro atoms. The molecule has 6 atom stereocenters. The number of carbonyl (C=O) groups is 5. The van der Waals surface area contributed by atoms with Gasteiger partial charge in [0, 0.05) is 29.0 Å². The zero-order valence-electron chi connectivity index (χ0n) is 28.4. The molecule has 2 amide bonds. The molecule has 4 aromatic rings. The molecule has 266 valence electrons. The number of rotatable bonds is 8. The molecule has 4 aromatic carbocycles. The zero-order chi connectivity index (χ0) is 37.0. The number of aliphatic hydroxyl groups excluding tert-OH is 1. The summed E-state index contributed by atoms with van der Waals surface area (Å²) in [6.07, 6.45) is 3.67. The van der Waals surface area contributed by atoms with E-state index in [-0.39, 0.29) is 54.4 Å². The summed E-state index contributed by atoms with van der Waals surface area (Å²) >= 11 is 0. The fraction of sp³-hybridized carbons (Fsp3) is 0.233. The van der Waals surface area contributed by atoms with Gasteiger partial charge in [0.15, 0.2) is 11.6 Å². The molecule has 0 radical (unpaired) electrons. The summed E-state index contributed by atoms with van der Waals surface area (Å²) in [5.41, 5.74) is 1.10. The van der Waals surface area contributed by atoms with Gasteiger partial charge in [-0.05, 0) is 54.2 Å². The number of carbonyl (C=O) groups excluding carboxylic acids is 4. The number of aliphatic hydroxyl groups is 1. The van der Waals surface area contributed by atoms with Crippen LogP contribution in [-0.4, -0.2) is 57.9 Å². The van der Waals surface area contributed by atoms with Crippen LogP contribution in [0.5, 0.6) is 11.5 Å². The summed E-state index contributed by atoms with van der Waals surface area (Å²) in [6.45, 7) is -0.268. The lowest BCUT2D eigenvalue weighted by Crippen LogP contribution is -2.58. The van der Waals surface area contributed by atoms with Crippen LogP contribution in [0.4, 0.5) is 5.69 Å².